The van der Waals surface area contributed by atoms with E-state index in [1.807, 2.05) is 12.5 Å². The maximum atomic E-state index is 8.13. The number of nitrogens with zero attached hydrogens (tertiary/aromatic N) is 3. The van der Waals surface area contributed by atoms with Gasteiger partial charge in [-0.2, -0.15) is 10.3 Å². The molecular formula is C5H8ClN3S. The Hall–Kier alpha value is -0.400. The Kier molecular flexibility index (Phi) is 5.17. The average molecular weight is 178 g/mol. The predicted molar refractivity (Wildman–Crippen MR) is 45.4 cm³/mol. The molecule has 0 unspecified atom stereocenters. The van der Waals surface area contributed by atoms with Crippen LogP contribution in [-0.4, -0.2) is 24.2 Å². The Morgan fingerprint density at radius 2 is 2.30 bits per heavy atom. The molecule has 0 spiro atoms. The van der Waals surface area contributed by atoms with E-state index in [9.17, 15) is 0 Å². The molecule has 0 aliphatic carbocycles. The largest absolute Gasteiger partial charge is 0.211 e. The first-order chi connectivity index (χ1) is 4.70. The molecule has 0 atom stereocenters. The Labute approximate surface area is 67.8 Å². The Bertz CT molecular complexity index is 199. The molecule has 3 nitrogen and oxygen atoms in total. The smallest absolute Gasteiger partial charge is 0.207 e. The van der Waals surface area contributed by atoms with Gasteiger partial charge in [-0.25, -0.2) is 4.36 Å². The zero-order valence-electron chi connectivity index (χ0n) is 5.83. The lowest BCUT2D eigenvalue weighted by Crippen LogP contribution is -1.96. The van der Waals surface area contributed by atoms with Gasteiger partial charge in [-0.15, -0.1) is 11.6 Å². The number of aliphatic imine (C=N–C) groups is 1. The summed E-state index contributed by atoms with van der Waals surface area (Å²) >= 11 is 5.42. The Morgan fingerprint density at radius 1 is 1.70 bits per heavy atom. The van der Waals surface area contributed by atoms with E-state index in [2.05, 4.69) is 9.36 Å². The predicted octanol–water partition coefficient (Wildman–Crippen LogP) is 1.17. The van der Waals surface area contributed by atoms with Gasteiger partial charge in [-0.05, 0) is 12.5 Å². The van der Waals surface area contributed by atoms with Crippen LogP contribution in [0.3, 0.4) is 0 Å². The molecule has 10 heavy (non-hydrogen) atoms. The normalized spacial score (nSPS) is 11.3. The third-order valence-corrected chi connectivity index (χ3v) is 1.40. The summed E-state index contributed by atoms with van der Waals surface area (Å²) in [5.74, 6) is 0.621. The summed E-state index contributed by atoms with van der Waals surface area (Å²) in [6, 6.07) is 0. The Morgan fingerprint density at radius 3 is 2.60 bits per heavy atom. The highest BCUT2D eigenvalue weighted by atomic mass is 35.5. The maximum absolute atomic E-state index is 8.13. The minimum Gasteiger partial charge on any atom is -0.211 e. The minimum absolute atomic E-state index is 0.0883. The second-order valence-electron chi connectivity index (χ2n) is 1.63. The van der Waals surface area contributed by atoms with Crippen LogP contribution < -0.4 is 0 Å². The second kappa shape index (κ2) is 5.39. The molecule has 56 valence electrons. The fraction of sp³-hybridized carbons (Fsp3) is 0.600. The molecule has 0 saturated carbocycles. The van der Waals surface area contributed by atoms with Crippen LogP contribution in [-0.2, 0) is 10.7 Å². The average Bonchev–Trinajstić information content (AvgIpc) is 1.86. The molecule has 5 heteroatoms. The van der Waals surface area contributed by atoms with Gasteiger partial charge in [0.15, 0.2) is 5.84 Å². The third kappa shape index (κ3) is 4.48. The SMILES string of the molecule is CS(C)=NC(CCl)=NC#N. The summed E-state index contributed by atoms with van der Waals surface area (Å²) in [5.41, 5.74) is 0. The van der Waals surface area contributed by atoms with Crippen molar-refractivity contribution < 1.29 is 0 Å². The van der Waals surface area contributed by atoms with Crippen molar-refractivity contribution in [2.45, 2.75) is 0 Å². The monoisotopic (exact) mass is 177 g/mol. The molecule has 0 bridgehead atoms. The molecule has 0 fully saturated rings. The highest BCUT2D eigenvalue weighted by Gasteiger charge is 1.91. The van der Waals surface area contributed by atoms with E-state index >= 15 is 0 Å². The number of hydrogen-bond acceptors (Lipinski definition) is 2. The standard InChI is InChI=1S/C5H8ClN3S/c1-10(2)9-5(3-6)8-4-7/h3H2,1-2H3. The summed E-state index contributed by atoms with van der Waals surface area (Å²) in [5, 5.41) is 8.13. The van der Waals surface area contributed by atoms with Crippen LogP contribution >= 0.6 is 11.6 Å². The van der Waals surface area contributed by atoms with Crippen molar-refractivity contribution in [1.29, 1.82) is 5.26 Å². The lowest BCUT2D eigenvalue weighted by Gasteiger charge is -1.91. The van der Waals surface area contributed by atoms with Crippen molar-refractivity contribution in [2.24, 2.45) is 9.36 Å². The topological polar surface area (TPSA) is 48.5 Å². The first-order valence-corrected chi connectivity index (χ1v) is 5.05. The van der Waals surface area contributed by atoms with E-state index < -0.39 is 0 Å². The van der Waals surface area contributed by atoms with E-state index in [4.69, 9.17) is 16.9 Å². The van der Waals surface area contributed by atoms with E-state index in [0.717, 1.165) is 0 Å². The van der Waals surface area contributed by atoms with Crippen LogP contribution in [0.1, 0.15) is 0 Å². The molecule has 0 heterocycles. The van der Waals surface area contributed by atoms with Crippen molar-refractivity contribution in [1.82, 2.24) is 0 Å². The summed E-state index contributed by atoms with van der Waals surface area (Å²) < 4.78 is 4.01. The molecule has 0 aromatic rings. The number of halogens is 1. The van der Waals surface area contributed by atoms with Crippen molar-refractivity contribution in [3.63, 3.8) is 0 Å². The number of alkyl halides is 1. The van der Waals surface area contributed by atoms with Crippen LogP contribution in [0.25, 0.3) is 0 Å². The fourth-order valence-electron chi connectivity index (χ4n) is 0.343. The maximum Gasteiger partial charge on any atom is 0.207 e. The van der Waals surface area contributed by atoms with E-state index in [0.29, 0.717) is 5.84 Å². The number of nitriles is 1. The number of hydrogen-bond donors (Lipinski definition) is 0. The van der Waals surface area contributed by atoms with Gasteiger partial charge >= 0.3 is 0 Å². The molecule has 0 aromatic heterocycles. The van der Waals surface area contributed by atoms with Gasteiger partial charge in [-0.3, -0.25) is 0 Å². The first kappa shape index (κ1) is 9.60. The van der Waals surface area contributed by atoms with Gasteiger partial charge < -0.3 is 0 Å². The summed E-state index contributed by atoms with van der Waals surface area (Å²) in [7, 11) is -0.0883. The molecule has 0 aliphatic rings. The fourth-order valence-corrected chi connectivity index (χ4v) is 1.06. The van der Waals surface area contributed by atoms with Gasteiger partial charge in [0.2, 0.25) is 6.19 Å². The van der Waals surface area contributed by atoms with Gasteiger partial charge in [-0.1, -0.05) is 10.7 Å². The summed E-state index contributed by atoms with van der Waals surface area (Å²) in [6.07, 6.45) is 5.50. The first-order valence-electron chi connectivity index (χ1n) is 2.51. The van der Waals surface area contributed by atoms with E-state index in [1.54, 1.807) is 6.19 Å². The van der Waals surface area contributed by atoms with Crippen molar-refractivity contribution in [2.75, 3.05) is 18.4 Å². The van der Waals surface area contributed by atoms with E-state index in [1.165, 1.54) is 0 Å². The highest BCUT2D eigenvalue weighted by Crippen LogP contribution is 1.88. The zero-order valence-corrected chi connectivity index (χ0v) is 7.41. The minimum atomic E-state index is -0.0883. The number of rotatable bonds is 1. The number of amidine groups is 1. The van der Waals surface area contributed by atoms with E-state index in [-0.39, 0.29) is 16.6 Å². The van der Waals surface area contributed by atoms with Gasteiger partial charge in [0.05, 0.1) is 5.88 Å². The van der Waals surface area contributed by atoms with Crippen molar-refractivity contribution in [3.8, 4) is 6.19 Å². The highest BCUT2D eigenvalue weighted by molar-refractivity contribution is 7.86. The second-order valence-corrected chi connectivity index (χ2v) is 3.62. The molecule has 0 radical (unpaired) electrons. The van der Waals surface area contributed by atoms with Crippen molar-refractivity contribution >= 4 is 28.1 Å². The summed E-state index contributed by atoms with van der Waals surface area (Å²) in [4.78, 5) is 3.41. The van der Waals surface area contributed by atoms with Gasteiger partial charge in [0, 0.05) is 0 Å². The zero-order chi connectivity index (χ0) is 7.98. The van der Waals surface area contributed by atoms with Gasteiger partial charge in [0.25, 0.3) is 0 Å². The summed E-state index contributed by atoms with van der Waals surface area (Å²) in [6.45, 7) is 0. The van der Waals surface area contributed by atoms with Crippen molar-refractivity contribution in [3.05, 3.63) is 0 Å². The molecule has 0 amide bonds. The quantitative estimate of drug-likeness (QED) is 0.257. The third-order valence-electron chi connectivity index (χ3n) is 0.587. The van der Waals surface area contributed by atoms with Crippen LogP contribution in [0.5, 0.6) is 0 Å². The van der Waals surface area contributed by atoms with Crippen LogP contribution in [0, 0.1) is 11.5 Å². The Balaban J connectivity index is 4.27. The lowest BCUT2D eigenvalue weighted by molar-refractivity contribution is 1.41. The molecule has 0 saturated heterocycles. The molecule has 0 aliphatic heterocycles. The van der Waals surface area contributed by atoms with Gasteiger partial charge in [0.1, 0.15) is 0 Å². The molecule has 0 N–H and O–H groups in total. The van der Waals surface area contributed by atoms with Crippen LogP contribution in [0.2, 0.25) is 0 Å². The molecule has 0 rings (SSSR count). The molecular weight excluding hydrogens is 170 g/mol. The molecule has 0 aromatic carbocycles. The van der Waals surface area contributed by atoms with Crippen LogP contribution in [0.15, 0.2) is 9.36 Å². The lowest BCUT2D eigenvalue weighted by atomic mass is 10.7. The van der Waals surface area contributed by atoms with Crippen LogP contribution in [0.4, 0.5) is 0 Å².